The van der Waals surface area contributed by atoms with Crippen LogP contribution in [0.1, 0.15) is 11.7 Å². The Kier molecular flexibility index (Phi) is 2.79. The van der Waals surface area contributed by atoms with Gasteiger partial charge in [0, 0.05) is 25.0 Å². The maximum absolute atomic E-state index is 4.77. The molecule has 1 fully saturated rings. The molecule has 0 radical (unpaired) electrons. The third kappa shape index (κ3) is 2.04. The van der Waals surface area contributed by atoms with Gasteiger partial charge in [-0.1, -0.05) is 24.3 Å². The summed E-state index contributed by atoms with van der Waals surface area (Å²) in [5, 5.41) is 4.64. The summed E-state index contributed by atoms with van der Waals surface area (Å²) in [7, 11) is 2.17. The Labute approximate surface area is 101 Å². The quantitative estimate of drug-likeness (QED) is 0.805. The molecular formula is C14H17N3. The molecule has 3 heteroatoms. The van der Waals surface area contributed by atoms with Gasteiger partial charge in [-0.3, -0.25) is 9.88 Å². The lowest BCUT2D eigenvalue weighted by molar-refractivity contribution is 0.199. The van der Waals surface area contributed by atoms with Crippen molar-refractivity contribution < 1.29 is 0 Å². The number of nitrogens with one attached hydrogen (secondary N) is 1. The third-order valence-electron chi connectivity index (χ3n) is 3.47. The van der Waals surface area contributed by atoms with Crippen LogP contribution in [0.15, 0.2) is 36.4 Å². The molecule has 1 aromatic carbocycles. The number of hydrogen-bond acceptors (Lipinski definition) is 3. The van der Waals surface area contributed by atoms with Crippen LogP contribution in [-0.4, -0.2) is 36.6 Å². The van der Waals surface area contributed by atoms with E-state index >= 15 is 0 Å². The van der Waals surface area contributed by atoms with E-state index in [0.717, 1.165) is 25.2 Å². The van der Waals surface area contributed by atoms with Gasteiger partial charge in [0.25, 0.3) is 0 Å². The summed E-state index contributed by atoms with van der Waals surface area (Å²) < 4.78 is 0. The smallest absolute Gasteiger partial charge is 0.0706 e. The van der Waals surface area contributed by atoms with Gasteiger partial charge in [0.2, 0.25) is 0 Å². The number of hydrogen-bond donors (Lipinski definition) is 1. The minimum absolute atomic E-state index is 0.397. The van der Waals surface area contributed by atoms with Gasteiger partial charge in [-0.25, -0.2) is 0 Å². The third-order valence-corrected chi connectivity index (χ3v) is 3.47. The second-order valence-corrected chi connectivity index (χ2v) is 4.63. The number of piperazine rings is 1. The molecule has 1 saturated heterocycles. The molecule has 1 aliphatic rings. The molecule has 17 heavy (non-hydrogen) atoms. The molecule has 2 aromatic rings. The van der Waals surface area contributed by atoms with Gasteiger partial charge < -0.3 is 5.32 Å². The van der Waals surface area contributed by atoms with E-state index < -0.39 is 0 Å². The molecule has 0 bridgehead atoms. The number of rotatable bonds is 1. The molecule has 0 amide bonds. The Balaban J connectivity index is 1.99. The monoisotopic (exact) mass is 227 g/mol. The number of fused-ring (bicyclic) bond motifs is 1. The van der Waals surface area contributed by atoms with Gasteiger partial charge in [0.1, 0.15) is 0 Å². The van der Waals surface area contributed by atoms with Gasteiger partial charge in [-0.05, 0) is 19.2 Å². The van der Waals surface area contributed by atoms with E-state index in [4.69, 9.17) is 4.98 Å². The van der Waals surface area contributed by atoms with Crippen LogP contribution in [0.25, 0.3) is 10.9 Å². The molecule has 1 unspecified atom stereocenters. The fraction of sp³-hybridized carbons (Fsp3) is 0.357. The van der Waals surface area contributed by atoms with E-state index in [9.17, 15) is 0 Å². The van der Waals surface area contributed by atoms with E-state index in [2.05, 4.69) is 47.6 Å². The van der Waals surface area contributed by atoms with E-state index in [0.29, 0.717) is 6.04 Å². The number of aromatic nitrogens is 1. The number of pyridine rings is 1. The highest BCUT2D eigenvalue weighted by Gasteiger charge is 2.21. The Morgan fingerprint density at radius 3 is 3.00 bits per heavy atom. The Bertz CT molecular complexity index is 524. The highest BCUT2D eigenvalue weighted by atomic mass is 15.2. The van der Waals surface area contributed by atoms with Gasteiger partial charge in [0.05, 0.1) is 17.3 Å². The first-order valence-electron chi connectivity index (χ1n) is 6.11. The molecule has 2 heterocycles. The van der Waals surface area contributed by atoms with Crippen molar-refractivity contribution in [2.75, 3.05) is 26.7 Å². The summed E-state index contributed by atoms with van der Waals surface area (Å²) in [5.74, 6) is 0. The predicted octanol–water partition coefficient (Wildman–Crippen LogP) is 1.81. The lowest BCUT2D eigenvalue weighted by Crippen LogP contribution is -2.44. The van der Waals surface area contributed by atoms with Crippen molar-refractivity contribution in [2.24, 2.45) is 0 Å². The summed E-state index contributed by atoms with van der Waals surface area (Å²) in [6.45, 7) is 3.14. The first-order chi connectivity index (χ1) is 8.34. The summed E-state index contributed by atoms with van der Waals surface area (Å²) in [6.07, 6.45) is 0. The van der Waals surface area contributed by atoms with Crippen LogP contribution in [0.2, 0.25) is 0 Å². The van der Waals surface area contributed by atoms with Crippen LogP contribution in [0.5, 0.6) is 0 Å². The molecule has 1 aliphatic heterocycles. The minimum Gasteiger partial charge on any atom is -0.313 e. The van der Waals surface area contributed by atoms with Gasteiger partial charge in [0.15, 0.2) is 0 Å². The maximum Gasteiger partial charge on any atom is 0.0706 e. The lowest BCUT2D eigenvalue weighted by Gasteiger charge is -2.32. The largest absolute Gasteiger partial charge is 0.313 e. The maximum atomic E-state index is 4.77. The van der Waals surface area contributed by atoms with E-state index in [1.807, 2.05) is 6.07 Å². The number of likely N-dealkylation sites (N-methyl/N-ethyl adjacent to an activating group) is 1. The van der Waals surface area contributed by atoms with Crippen LogP contribution >= 0.6 is 0 Å². The average Bonchev–Trinajstić information content (AvgIpc) is 2.39. The number of para-hydroxylation sites is 1. The molecule has 3 rings (SSSR count). The Hall–Kier alpha value is -1.45. The van der Waals surface area contributed by atoms with Crippen molar-refractivity contribution in [2.45, 2.75) is 6.04 Å². The van der Waals surface area contributed by atoms with E-state index in [1.165, 1.54) is 11.1 Å². The normalized spacial score (nSPS) is 21.8. The number of benzene rings is 1. The van der Waals surface area contributed by atoms with Crippen molar-refractivity contribution in [1.29, 1.82) is 0 Å². The molecule has 1 N–H and O–H groups in total. The van der Waals surface area contributed by atoms with Gasteiger partial charge >= 0.3 is 0 Å². The fourth-order valence-corrected chi connectivity index (χ4v) is 2.40. The fourth-order valence-electron chi connectivity index (χ4n) is 2.40. The number of nitrogens with zero attached hydrogens (tertiary/aromatic N) is 2. The second-order valence-electron chi connectivity index (χ2n) is 4.63. The van der Waals surface area contributed by atoms with Crippen molar-refractivity contribution in [1.82, 2.24) is 15.2 Å². The zero-order chi connectivity index (χ0) is 11.7. The molecule has 3 nitrogen and oxygen atoms in total. The highest BCUT2D eigenvalue weighted by Crippen LogP contribution is 2.21. The molecular weight excluding hydrogens is 210 g/mol. The van der Waals surface area contributed by atoms with Crippen molar-refractivity contribution in [3.8, 4) is 0 Å². The Morgan fingerprint density at radius 1 is 1.24 bits per heavy atom. The van der Waals surface area contributed by atoms with Crippen LogP contribution in [0, 0.1) is 0 Å². The predicted molar refractivity (Wildman–Crippen MR) is 70.0 cm³/mol. The van der Waals surface area contributed by atoms with Crippen LogP contribution < -0.4 is 5.32 Å². The van der Waals surface area contributed by atoms with Crippen LogP contribution in [0.3, 0.4) is 0 Å². The highest BCUT2D eigenvalue weighted by molar-refractivity contribution is 5.78. The summed E-state index contributed by atoms with van der Waals surface area (Å²) in [6, 6.07) is 13.0. The first-order valence-corrected chi connectivity index (χ1v) is 6.11. The minimum atomic E-state index is 0.397. The first kappa shape index (κ1) is 10.7. The molecule has 0 spiro atoms. The van der Waals surface area contributed by atoms with Crippen molar-refractivity contribution in [3.63, 3.8) is 0 Å². The standard InChI is InChI=1S/C14H17N3/c1-17-9-8-15-10-14(17)13-7-6-11-4-2-3-5-12(11)16-13/h2-7,14-15H,8-10H2,1H3. The average molecular weight is 227 g/mol. The SMILES string of the molecule is CN1CCNCC1c1ccc2ccccc2n1. The van der Waals surface area contributed by atoms with Crippen LogP contribution in [0.4, 0.5) is 0 Å². The summed E-state index contributed by atoms with van der Waals surface area (Å²) >= 11 is 0. The topological polar surface area (TPSA) is 28.2 Å². The van der Waals surface area contributed by atoms with Gasteiger partial charge in [-0.2, -0.15) is 0 Å². The van der Waals surface area contributed by atoms with E-state index in [-0.39, 0.29) is 0 Å². The zero-order valence-electron chi connectivity index (χ0n) is 10.1. The van der Waals surface area contributed by atoms with Crippen LogP contribution in [-0.2, 0) is 0 Å². The zero-order valence-corrected chi connectivity index (χ0v) is 10.1. The second kappa shape index (κ2) is 4.43. The van der Waals surface area contributed by atoms with Gasteiger partial charge in [-0.15, -0.1) is 0 Å². The summed E-state index contributed by atoms with van der Waals surface area (Å²) in [5.41, 5.74) is 2.25. The summed E-state index contributed by atoms with van der Waals surface area (Å²) in [4.78, 5) is 7.14. The molecule has 88 valence electrons. The lowest BCUT2D eigenvalue weighted by atomic mass is 10.1. The molecule has 1 atom stereocenters. The molecule has 1 aromatic heterocycles. The van der Waals surface area contributed by atoms with Crippen molar-refractivity contribution in [3.05, 3.63) is 42.1 Å². The molecule has 0 saturated carbocycles. The van der Waals surface area contributed by atoms with Crippen molar-refractivity contribution >= 4 is 10.9 Å². The molecule has 0 aliphatic carbocycles. The Morgan fingerprint density at radius 2 is 2.12 bits per heavy atom. The van der Waals surface area contributed by atoms with E-state index in [1.54, 1.807) is 0 Å².